The van der Waals surface area contributed by atoms with Gasteiger partial charge in [-0.2, -0.15) is 0 Å². The summed E-state index contributed by atoms with van der Waals surface area (Å²) in [6, 6.07) is -1.87. The highest BCUT2D eigenvalue weighted by atomic mass is 32.2. The molecule has 0 aromatic heterocycles. The average Bonchev–Trinajstić information content (AvgIpc) is 2.57. The summed E-state index contributed by atoms with van der Waals surface area (Å²) in [4.78, 5) is 47.1. The fourth-order valence-electron chi connectivity index (χ4n) is 2.66. The molecule has 0 aliphatic carbocycles. The van der Waals surface area contributed by atoms with Crippen molar-refractivity contribution in [2.45, 2.75) is 36.7 Å². The Kier molecular flexibility index (Phi) is 6.03. The molecule has 1 saturated heterocycles. The summed E-state index contributed by atoms with van der Waals surface area (Å²) < 4.78 is 0. The number of nitrogens with two attached hydrogens (primary N) is 1. The number of carbonyl (C=O) groups is 4. The van der Waals surface area contributed by atoms with Crippen LogP contribution in [0.15, 0.2) is 11.3 Å². The summed E-state index contributed by atoms with van der Waals surface area (Å²) in [6.45, 7) is -0.452. The molecule has 6 N–H and O–H groups in total. The van der Waals surface area contributed by atoms with Gasteiger partial charge in [-0.1, -0.05) is 0 Å². The van der Waals surface area contributed by atoms with Gasteiger partial charge in [-0.15, -0.1) is 11.8 Å². The predicted molar refractivity (Wildman–Crippen MR) is 86.2 cm³/mol. The van der Waals surface area contributed by atoms with Gasteiger partial charge in [-0.3, -0.25) is 19.3 Å². The Hall–Kier alpha value is -2.11. The first-order valence-electron chi connectivity index (χ1n) is 7.56. The van der Waals surface area contributed by atoms with E-state index in [1.807, 2.05) is 0 Å². The van der Waals surface area contributed by atoms with Crippen LogP contribution in [0.1, 0.15) is 19.3 Å². The smallest absolute Gasteiger partial charge is 0.352 e. The maximum absolute atomic E-state index is 12.2. The number of carboxylic acids is 2. The van der Waals surface area contributed by atoms with E-state index in [4.69, 9.17) is 10.8 Å². The number of hydrogen-bond acceptors (Lipinski definition) is 7. The van der Waals surface area contributed by atoms with Crippen molar-refractivity contribution in [2.24, 2.45) is 5.73 Å². The molecule has 0 saturated carbocycles. The Morgan fingerprint density at radius 2 is 2.04 bits per heavy atom. The number of amides is 2. The van der Waals surface area contributed by atoms with Crippen molar-refractivity contribution >= 4 is 35.5 Å². The van der Waals surface area contributed by atoms with Gasteiger partial charge in [0.15, 0.2) is 0 Å². The summed E-state index contributed by atoms with van der Waals surface area (Å²) in [6.07, 6.45) is 0.416. The van der Waals surface area contributed by atoms with Crippen molar-refractivity contribution in [2.75, 3.05) is 12.4 Å². The number of thioether (sulfide) groups is 1. The van der Waals surface area contributed by atoms with Crippen LogP contribution in [0.3, 0.4) is 0 Å². The molecule has 138 valence electrons. The highest BCUT2D eigenvalue weighted by molar-refractivity contribution is 8.00. The summed E-state index contributed by atoms with van der Waals surface area (Å²) in [5.41, 5.74) is 5.38. The van der Waals surface area contributed by atoms with Gasteiger partial charge < -0.3 is 26.4 Å². The minimum Gasteiger partial charge on any atom is -0.480 e. The van der Waals surface area contributed by atoms with Crippen LogP contribution < -0.4 is 11.1 Å². The van der Waals surface area contributed by atoms with Crippen LogP contribution in [0, 0.1) is 0 Å². The van der Waals surface area contributed by atoms with E-state index in [1.165, 1.54) is 11.8 Å². The average molecular weight is 373 g/mol. The molecule has 0 bridgehead atoms. The Balaban J connectivity index is 1.91. The van der Waals surface area contributed by atoms with Gasteiger partial charge >= 0.3 is 11.9 Å². The maximum Gasteiger partial charge on any atom is 0.352 e. The fraction of sp³-hybridized carbons (Fsp3) is 0.571. The Morgan fingerprint density at radius 3 is 2.60 bits per heavy atom. The molecule has 1 fully saturated rings. The van der Waals surface area contributed by atoms with Crippen LogP contribution in [-0.4, -0.2) is 73.8 Å². The molecule has 2 aliphatic heterocycles. The predicted octanol–water partition coefficient (Wildman–Crippen LogP) is -1.70. The zero-order chi connectivity index (χ0) is 18.7. The molecule has 3 atom stereocenters. The van der Waals surface area contributed by atoms with E-state index >= 15 is 0 Å². The zero-order valence-electron chi connectivity index (χ0n) is 13.2. The SMILES string of the molecule is N[C@H](CCCC(=O)N[C@H]1C(=O)N2C(C(=O)O)=C(CO)CS[C@H]12)C(=O)O. The van der Waals surface area contributed by atoms with Crippen molar-refractivity contribution in [3.05, 3.63) is 11.3 Å². The molecule has 2 heterocycles. The maximum atomic E-state index is 12.2. The normalized spacial score (nSPS) is 23.6. The molecule has 11 heteroatoms. The third-order valence-corrected chi connectivity index (χ3v) is 5.33. The van der Waals surface area contributed by atoms with Crippen molar-refractivity contribution in [1.29, 1.82) is 0 Å². The number of aliphatic carboxylic acids is 2. The van der Waals surface area contributed by atoms with Crippen molar-refractivity contribution in [3.63, 3.8) is 0 Å². The molecular weight excluding hydrogens is 354 g/mol. The second-order valence-electron chi connectivity index (χ2n) is 5.71. The Labute approximate surface area is 147 Å². The van der Waals surface area contributed by atoms with Crippen LogP contribution >= 0.6 is 11.8 Å². The number of nitrogens with zero attached hydrogens (tertiary/aromatic N) is 1. The first-order chi connectivity index (χ1) is 11.8. The first-order valence-corrected chi connectivity index (χ1v) is 8.61. The van der Waals surface area contributed by atoms with Crippen LogP contribution in [0.4, 0.5) is 0 Å². The van der Waals surface area contributed by atoms with Crippen LogP contribution in [-0.2, 0) is 19.2 Å². The largest absolute Gasteiger partial charge is 0.480 e. The van der Waals surface area contributed by atoms with Crippen molar-refractivity contribution < 1.29 is 34.5 Å². The fourth-order valence-corrected chi connectivity index (χ4v) is 3.99. The number of carbonyl (C=O) groups excluding carboxylic acids is 2. The molecular formula is C14H19N3O7S. The third kappa shape index (κ3) is 3.94. The lowest BCUT2D eigenvalue weighted by Crippen LogP contribution is -2.70. The summed E-state index contributed by atoms with van der Waals surface area (Å²) in [5.74, 6) is -3.15. The van der Waals surface area contributed by atoms with Gasteiger partial charge in [0, 0.05) is 12.2 Å². The number of rotatable bonds is 8. The molecule has 0 unspecified atom stereocenters. The topological polar surface area (TPSA) is 170 Å². The van der Waals surface area contributed by atoms with Gasteiger partial charge in [-0.25, -0.2) is 4.79 Å². The van der Waals surface area contributed by atoms with E-state index in [9.17, 15) is 29.4 Å². The minimum atomic E-state index is -1.30. The second kappa shape index (κ2) is 7.85. The van der Waals surface area contributed by atoms with Gasteiger partial charge in [0.25, 0.3) is 5.91 Å². The number of carboxylic acid groups (broad SMARTS) is 2. The van der Waals surface area contributed by atoms with Crippen LogP contribution in [0.2, 0.25) is 0 Å². The molecule has 0 aromatic rings. The highest BCUT2D eigenvalue weighted by Gasteiger charge is 2.53. The van der Waals surface area contributed by atoms with Crippen LogP contribution in [0.5, 0.6) is 0 Å². The van der Waals surface area contributed by atoms with E-state index in [2.05, 4.69) is 5.32 Å². The lowest BCUT2D eigenvalue weighted by Gasteiger charge is -2.49. The molecule has 0 spiro atoms. The van der Waals surface area contributed by atoms with Gasteiger partial charge in [-0.05, 0) is 18.4 Å². The minimum absolute atomic E-state index is 0.0195. The first kappa shape index (κ1) is 19.2. The van der Waals surface area contributed by atoms with E-state index in [0.29, 0.717) is 0 Å². The number of nitrogens with one attached hydrogen (secondary N) is 1. The molecule has 2 aliphatic rings. The molecule has 2 amide bonds. The molecule has 2 rings (SSSR count). The van der Waals surface area contributed by atoms with Gasteiger partial charge in [0.05, 0.1) is 6.61 Å². The van der Waals surface area contributed by atoms with Gasteiger partial charge in [0.1, 0.15) is 23.2 Å². The zero-order valence-corrected chi connectivity index (χ0v) is 14.0. The van der Waals surface area contributed by atoms with Crippen molar-refractivity contribution in [3.8, 4) is 0 Å². The number of aliphatic hydroxyl groups excluding tert-OH is 1. The lowest BCUT2D eigenvalue weighted by atomic mass is 10.0. The van der Waals surface area contributed by atoms with E-state index in [1.54, 1.807) is 0 Å². The number of hydrogen-bond donors (Lipinski definition) is 5. The molecule has 0 radical (unpaired) electrons. The quantitative estimate of drug-likeness (QED) is 0.311. The highest BCUT2D eigenvalue weighted by Crippen LogP contribution is 2.40. The van der Waals surface area contributed by atoms with E-state index in [0.717, 1.165) is 4.90 Å². The summed E-state index contributed by atoms with van der Waals surface area (Å²) >= 11 is 1.26. The van der Waals surface area contributed by atoms with Crippen molar-refractivity contribution in [1.82, 2.24) is 10.2 Å². The standard InChI is InChI=1S/C14H19N3O7S/c15-7(13(21)22)2-1-3-8(19)16-9-11(20)17-10(14(23)24)6(4-18)5-25-12(9)17/h7,9,12,18H,1-5,15H2,(H,16,19)(H,21,22)(H,23,24)/t7-,9+,12-/m1/s1. The Bertz CT molecular complexity index is 636. The molecule has 0 aromatic carbocycles. The number of aliphatic hydroxyl groups is 1. The third-order valence-electron chi connectivity index (χ3n) is 3.99. The number of fused-ring (bicyclic) bond motifs is 1. The van der Waals surface area contributed by atoms with Crippen LogP contribution in [0.25, 0.3) is 0 Å². The summed E-state index contributed by atoms with van der Waals surface area (Å²) in [7, 11) is 0. The van der Waals surface area contributed by atoms with Gasteiger partial charge in [0.2, 0.25) is 5.91 Å². The monoisotopic (exact) mass is 373 g/mol. The Morgan fingerprint density at radius 1 is 1.36 bits per heavy atom. The molecule has 10 nitrogen and oxygen atoms in total. The second-order valence-corrected chi connectivity index (χ2v) is 6.81. The lowest BCUT2D eigenvalue weighted by molar-refractivity contribution is -0.150. The van der Waals surface area contributed by atoms with E-state index in [-0.39, 0.29) is 36.3 Å². The van der Waals surface area contributed by atoms with E-state index < -0.39 is 47.8 Å². The summed E-state index contributed by atoms with van der Waals surface area (Å²) in [5, 5.41) is 29.1. The number of β-lactam (4-membered cyclic amide) rings is 1. The molecule has 25 heavy (non-hydrogen) atoms.